The van der Waals surface area contributed by atoms with Gasteiger partial charge in [-0.15, -0.1) is 0 Å². The highest BCUT2D eigenvalue weighted by Crippen LogP contribution is 2.35. The zero-order valence-electron chi connectivity index (χ0n) is 21.5. The number of methoxy groups -OCH3 is 1. The fourth-order valence-electron chi connectivity index (χ4n) is 4.06. The van der Waals surface area contributed by atoms with Crippen LogP contribution in [0, 0.1) is 6.92 Å². The van der Waals surface area contributed by atoms with Crippen LogP contribution in [0.1, 0.15) is 21.5 Å². The maximum absolute atomic E-state index is 13.6. The third-order valence-corrected chi connectivity index (χ3v) is 7.57. The molecule has 204 valence electrons. The Morgan fingerprint density at radius 3 is 2.49 bits per heavy atom. The van der Waals surface area contributed by atoms with Crippen LogP contribution in [0.3, 0.4) is 0 Å². The Hall–Kier alpha value is -4.58. The predicted octanol–water partition coefficient (Wildman–Crippen LogP) is 2.77. The molecular weight excluding hydrogens is 526 g/mol. The van der Waals surface area contributed by atoms with Crippen molar-refractivity contribution < 1.29 is 37.0 Å². The summed E-state index contributed by atoms with van der Waals surface area (Å²) in [6.45, 7) is 1.67. The fourth-order valence-corrected chi connectivity index (χ4v) is 5.22. The van der Waals surface area contributed by atoms with E-state index >= 15 is 0 Å². The van der Waals surface area contributed by atoms with Crippen LogP contribution >= 0.6 is 0 Å². The van der Waals surface area contributed by atoms with Crippen LogP contribution in [-0.4, -0.2) is 53.3 Å². The van der Waals surface area contributed by atoms with Crippen LogP contribution in [-0.2, 0) is 26.0 Å². The third kappa shape index (κ3) is 6.29. The van der Waals surface area contributed by atoms with Gasteiger partial charge in [-0.3, -0.25) is 4.79 Å². The van der Waals surface area contributed by atoms with Crippen molar-refractivity contribution >= 4 is 33.6 Å². The summed E-state index contributed by atoms with van der Waals surface area (Å²) in [5.74, 6) is -0.104. The molecule has 12 heteroatoms. The van der Waals surface area contributed by atoms with Gasteiger partial charge in [0.05, 0.1) is 17.6 Å². The highest BCUT2D eigenvalue weighted by Gasteiger charge is 2.29. The molecule has 39 heavy (non-hydrogen) atoms. The first-order chi connectivity index (χ1) is 18.6. The smallest absolute Gasteiger partial charge is 0.337 e. The number of urea groups is 1. The van der Waals surface area contributed by atoms with Gasteiger partial charge in [-0.2, -0.15) is 0 Å². The van der Waals surface area contributed by atoms with Crippen molar-refractivity contribution in [2.75, 3.05) is 25.9 Å². The number of esters is 1. The molecule has 0 saturated heterocycles. The molecule has 3 aromatic carbocycles. The number of sulfonamides is 1. The van der Waals surface area contributed by atoms with E-state index in [-0.39, 0.29) is 23.7 Å². The van der Waals surface area contributed by atoms with Crippen molar-refractivity contribution in [3.63, 3.8) is 0 Å². The van der Waals surface area contributed by atoms with E-state index in [1.807, 2.05) is 4.72 Å². The van der Waals surface area contributed by atoms with Gasteiger partial charge in [0.1, 0.15) is 6.04 Å². The minimum Gasteiger partial charge on any atom is -0.465 e. The average molecular weight is 554 g/mol. The van der Waals surface area contributed by atoms with Crippen molar-refractivity contribution in [3.05, 3.63) is 83.4 Å². The van der Waals surface area contributed by atoms with Crippen molar-refractivity contribution in [3.8, 4) is 11.5 Å². The summed E-state index contributed by atoms with van der Waals surface area (Å²) in [5.41, 5.74) is 1.72. The number of nitrogens with zero attached hydrogens (tertiary/aromatic N) is 1. The van der Waals surface area contributed by atoms with Gasteiger partial charge in [-0.05, 0) is 48.4 Å². The molecule has 1 heterocycles. The maximum Gasteiger partial charge on any atom is 0.337 e. The zero-order valence-corrected chi connectivity index (χ0v) is 22.3. The van der Waals surface area contributed by atoms with Crippen LogP contribution in [0.5, 0.6) is 11.5 Å². The molecule has 3 amide bonds. The Balaban J connectivity index is 1.59. The molecular formula is C27H27N3O8S. The minimum atomic E-state index is -4.21. The van der Waals surface area contributed by atoms with Crippen molar-refractivity contribution in [1.29, 1.82) is 0 Å². The highest BCUT2D eigenvalue weighted by molar-refractivity contribution is 7.90. The molecule has 1 aliphatic rings. The van der Waals surface area contributed by atoms with Crippen LogP contribution in [0.4, 0.5) is 10.5 Å². The molecule has 1 unspecified atom stereocenters. The summed E-state index contributed by atoms with van der Waals surface area (Å²) < 4.78 is 43.1. The van der Waals surface area contributed by atoms with Crippen LogP contribution < -0.4 is 24.4 Å². The van der Waals surface area contributed by atoms with Crippen molar-refractivity contribution in [2.45, 2.75) is 24.3 Å². The first-order valence-corrected chi connectivity index (χ1v) is 13.3. The fraction of sp³-hybridized carbons (Fsp3) is 0.222. The Morgan fingerprint density at radius 1 is 1.00 bits per heavy atom. The third-order valence-electron chi connectivity index (χ3n) is 6.08. The number of fused-ring (bicyclic) bond motifs is 1. The number of ether oxygens (including phenoxy) is 3. The second kappa shape index (κ2) is 11.4. The number of likely N-dealkylation sites (N-methyl/N-ethyl adjacent to an activating group) is 1. The Bertz CT molecular complexity index is 1520. The topological polar surface area (TPSA) is 140 Å². The Morgan fingerprint density at radius 2 is 1.74 bits per heavy atom. The molecule has 0 aliphatic carbocycles. The summed E-state index contributed by atoms with van der Waals surface area (Å²) in [6.07, 6.45) is -0.0452. The normalized spacial score (nSPS) is 12.8. The number of carbonyl (C=O) groups excluding carboxylic acids is 3. The molecule has 0 spiro atoms. The number of rotatable bonds is 8. The van der Waals surface area contributed by atoms with Crippen LogP contribution in [0.2, 0.25) is 0 Å². The van der Waals surface area contributed by atoms with Gasteiger partial charge in [-0.1, -0.05) is 30.3 Å². The lowest BCUT2D eigenvalue weighted by atomic mass is 10.0. The molecule has 0 aromatic heterocycles. The number of aryl methyl sites for hydroxylation is 1. The van der Waals surface area contributed by atoms with E-state index in [1.54, 1.807) is 61.5 Å². The van der Waals surface area contributed by atoms with Gasteiger partial charge in [-0.25, -0.2) is 22.7 Å². The average Bonchev–Trinajstić information content (AvgIpc) is 3.39. The molecule has 1 aliphatic heterocycles. The lowest BCUT2D eigenvalue weighted by molar-refractivity contribution is -0.120. The van der Waals surface area contributed by atoms with Gasteiger partial charge < -0.3 is 24.4 Å². The van der Waals surface area contributed by atoms with Crippen molar-refractivity contribution in [2.24, 2.45) is 0 Å². The first-order valence-electron chi connectivity index (χ1n) is 11.8. The Labute approximate surface area is 225 Å². The number of nitrogens with one attached hydrogen (secondary N) is 2. The second-order valence-corrected chi connectivity index (χ2v) is 10.4. The quantitative estimate of drug-likeness (QED) is 0.406. The van der Waals surface area contributed by atoms with Gasteiger partial charge in [0.15, 0.2) is 11.5 Å². The summed E-state index contributed by atoms with van der Waals surface area (Å²) in [7, 11) is -1.45. The van der Waals surface area contributed by atoms with Gasteiger partial charge >= 0.3 is 12.0 Å². The first kappa shape index (κ1) is 27.5. The van der Waals surface area contributed by atoms with E-state index in [1.165, 1.54) is 31.2 Å². The standard InChI is InChI=1S/C27H27N3O8S/c1-17-7-4-5-10-24(17)39(34,35)29-27(33)28-21(14-18-8-6-9-19(13-18)26(32)36-3)25(31)30(2)20-11-12-22-23(15-20)38-16-37-22/h4-13,15,21H,14,16H2,1-3H3,(H2,28,29,33). The molecule has 0 radical (unpaired) electrons. The molecule has 3 aromatic rings. The SMILES string of the molecule is COC(=O)c1cccc(CC(NC(=O)NS(=O)(=O)c2ccccc2C)C(=O)N(C)c2ccc3c(c2)OCO3)c1. The molecule has 0 fully saturated rings. The second-order valence-electron chi connectivity index (χ2n) is 8.73. The Kier molecular flexibility index (Phi) is 8.05. The van der Waals surface area contributed by atoms with Gasteiger partial charge in [0, 0.05) is 25.2 Å². The lowest BCUT2D eigenvalue weighted by Crippen LogP contribution is -2.52. The summed E-state index contributed by atoms with van der Waals surface area (Å²) >= 11 is 0. The van der Waals surface area contributed by atoms with Crippen LogP contribution in [0.25, 0.3) is 0 Å². The largest absolute Gasteiger partial charge is 0.465 e. The zero-order chi connectivity index (χ0) is 28.2. The van der Waals surface area contributed by atoms with E-state index in [9.17, 15) is 22.8 Å². The molecule has 1 atom stereocenters. The molecule has 0 saturated carbocycles. The molecule has 0 bridgehead atoms. The van der Waals surface area contributed by atoms with E-state index in [4.69, 9.17) is 14.2 Å². The predicted molar refractivity (Wildman–Crippen MR) is 141 cm³/mol. The number of carbonyl (C=O) groups is 3. The van der Waals surface area contributed by atoms with E-state index in [2.05, 4.69) is 5.32 Å². The van der Waals surface area contributed by atoms with E-state index in [0.717, 1.165) is 0 Å². The maximum atomic E-state index is 13.6. The number of hydrogen-bond acceptors (Lipinski definition) is 8. The number of amides is 3. The number of hydrogen-bond donors (Lipinski definition) is 2. The summed E-state index contributed by atoms with van der Waals surface area (Å²) in [5, 5.41) is 2.48. The highest BCUT2D eigenvalue weighted by atomic mass is 32.2. The minimum absolute atomic E-state index is 0.0452. The van der Waals surface area contributed by atoms with Gasteiger partial charge in [0.25, 0.3) is 10.0 Å². The van der Waals surface area contributed by atoms with E-state index in [0.29, 0.717) is 28.3 Å². The molecule has 11 nitrogen and oxygen atoms in total. The molecule has 4 rings (SSSR count). The van der Waals surface area contributed by atoms with E-state index < -0.39 is 34.0 Å². The number of anilines is 1. The number of benzene rings is 3. The van der Waals surface area contributed by atoms with Crippen molar-refractivity contribution in [1.82, 2.24) is 10.0 Å². The lowest BCUT2D eigenvalue weighted by Gasteiger charge is -2.25. The summed E-state index contributed by atoms with van der Waals surface area (Å²) in [6, 6.07) is 15.2. The van der Waals surface area contributed by atoms with Gasteiger partial charge in [0.2, 0.25) is 12.7 Å². The van der Waals surface area contributed by atoms with Crippen LogP contribution in [0.15, 0.2) is 71.6 Å². The molecule has 2 N–H and O–H groups in total. The summed E-state index contributed by atoms with van der Waals surface area (Å²) in [4.78, 5) is 39.8. The monoisotopic (exact) mass is 553 g/mol.